The second-order valence-corrected chi connectivity index (χ2v) is 10.4. The number of benzene rings is 2. The Morgan fingerprint density at radius 1 is 1.13 bits per heavy atom. The third-order valence-corrected chi connectivity index (χ3v) is 7.38. The van der Waals surface area contributed by atoms with Crippen molar-refractivity contribution in [2.75, 3.05) is 5.32 Å². The minimum atomic E-state index is -3.55. The zero-order valence-corrected chi connectivity index (χ0v) is 18.1. The van der Waals surface area contributed by atoms with E-state index in [1.807, 2.05) is 0 Å². The Bertz CT molecular complexity index is 1090. The fraction of sp³-hybridized carbons (Fsp3) is 0.455. The molecule has 0 saturated heterocycles. The summed E-state index contributed by atoms with van der Waals surface area (Å²) in [7, 11) is -3.55. The van der Waals surface area contributed by atoms with E-state index in [1.165, 1.54) is 48.2 Å². The van der Waals surface area contributed by atoms with Gasteiger partial charge in [-0.15, -0.1) is 0 Å². The topological polar surface area (TPSA) is 108 Å². The predicted octanol–water partition coefficient (Wildman–Crippen LogP) is 3.12. The van der Waals surface area contributed by atoms with Gasteiger partial charge in [-0.25, -0.2) is 13.7 Å². The minimum Gasteiger partial charge on any atom is -0.386 e. The molecule has 0 radical (unpaired) electrons. The van der Waals surface area contributed by atoms with Crippen LogP contribution in [0.15, 0.2) is 33.5 Å². The predicted molar refractivity (Wildman–Crippen MR) is 115 cm³/mol. The van der Waals surface area contributed by atoms with Crippen molar-refractivity contribution in [2.24, 2.45) is 9.50 Å². The molecular formula is C22H28FN3O3S. The molecule has 2 aromatic rings. The SMILES string of the molecule is CC(C)(O)c1ccc(S(N)(=O)=NC(O)Nc2c3c(cc4c2CCC4)CCC3)cc1F. The molecule has 4 rings (SSSR count). The molecule has 2 aliphatic rings. The van der Waals surface area contributed by atoms with Crippen LogP contribution in [-0.2, 0) is 41.2 Å². The van der Waals surface area contributed by atoms with Gasteiger partial charge in [0, 0.05) is 11.3 Å². The van der Waals surface area contributed by atoms with Crippen molar-refractivity contribution in [3.05, 3.63) is 57.9 Å². The second-order valence-electron chi connectivity index (χ2n) is 8.63. The number of halogens is 1. The highest BCUT2D eigenvalue weighted by Crippen LogP contribution is 2.39. The number of nitrogens with zero attached hydrogens (tertiary/aromatic N) is 1. The largest absolute Gasteiger partial charge is 0.386 e. The van der Waals surface area contributed by atoms with Gasteiger partial charge in [0.2, 0.25) is 6.35 Å². The third kappa shape index (κ3) is 3.97. The van der Waals surface area contributed by atoms with E-state index in [-0.39, 0.29) is 10.5 Å². The van der Waals surface area contributed by atoms with E-state index in [0.717, 1.165) is 50.3 Å². The highest BCUT2D eigenvalue weighted by atomic mass is 32.2. The lowest BCUT2D eigenvalue weighted by atomic mass is 9.98. The van der Waals surface area contributed by atoms with Crippen LogP contribution in [-0.4, -0.2) is 20.8 Å². The monoisotopic (exact) mass is 433 g/mol. The zero-order chi connectivity index (χ0) is 21.7. The van der Waals surface area contributed by atoms with Crippen molar-refractivity contribution in [1.29, 1.82) is 0 Å². The smallest absolute Gasteiger partial charge is 0.233 e. The Morgan fingerprint density at radius 3 is 2.27 bits per heavy atom. The summed E-state index contributed by atoms with van der Waals surface area (Å²) in [5, 5.41) is 29.4. The van der Waals surface area contributed by atoms with Gasteiger partial charge in [-0.05, 0) is 86.8 Å². The first kappa shape index (κ1) is 21.2. The van der Waals surface area contributed by atoms with Crippen LogP contribution >= 0.6 is 0 Å². The highest BCUT2D eigenvalue weighted by Gasteiger charge is 2.26. The maximum atomic E-state index is 14.4. The molecule has 0 aliphatic heterocycles. The molecule has 2 aliphatic carbocycles. The molecule has 30 heavy (non-hydrogen) atoms. The number of aliphatic hydroxyl groups is 2. The maximum absolute atomic E-state index is 14.4. The van der Waals surface area contributed by atoms with Gasteiger partial charge < -0.3 is 15.5 Å². The molecule has 0 aromatic heterocycles. The molecule has 6 nitrogen and oxygen atoms in total. The van der Waals surface area contributed by atoms with Crippen LogP contribution in [0.4, 0.5) is 10.1 Å². The van der Waals surface area contributed by atoms with E-state index < -0.39 is 27.7 Å². The fourth-order valence-corrected chi connectivity index (χ4v) is 5.54. The Morgan fingerprint density at radius 2 is 1.73 bits per heavy atom. The lowest BCUT2D eigenvalue weighted by Gasteiger charge is -2.20. The fourth-order valence-electron chi connectivity index (χ4n) is 4.53. The van der Waals surface area contributed by atoms with Gasteiger partial charge in [0.25, 0.3) is 0 Å². The third-order valence-electron chi connectivity index (χ3n) is 5.94. The number of nitrogens with one attached hydrogen (secondary N) is 1. The summed E-state index contributed by atoms with van der Waals surface area (Å²) in [4.78, 5) is -0.0441. The molecule has 2 atom stereocenters. The first-order valence-corrected chi connectivity index (χ1v) is 11.8. The first-order valence-electron chi connectivity index (χ1n) is 10.2. The summed E-state index contributed by atoms with van der Waals surface area (Å²) >= 11 is 0. The maximum Gasteiger partial charge on any atom is 0.233 e. The summed E-state index contributed by atoms with van der Waals surface area (Å²) < 4.78 is 31.2. The van der Waals surface area contributed by atoms with Gasteiger partial charge in [0.1, 0.15) is 15.7 Å². The van der Waals surface area contributed by atoms with Gasteiger partial charge in [0.15, 0.2) is 0 Å². The number of rotatable bonds is 5. The molecule has 162 valence electrons. The summed E-state index contributed by atoms with van der Waals surface area (Å²) in [5.41, 5.74) is 4.53. The van der Waals surface area contributed by atoms with Crippen LogP contribution in [0.5, 0.6) is 0 Å². The van der Waals surface area contributed by atoms with Crippen LogP contribution in [0.1, 0.15) is 54.5 Å². The quantitative estimate of drug-likeness (QED) is 0.543. The van der Waals surface area contributed by atoms with Crippen molar-refractivity contribution in [1.82, 2.24) is 0 Å². The standard InChI is InChI=1S/C22H28FN3O3S/c1-22(2,28)18-10-9-15(12-19(18)23)30(24,29)26-21(27)25-20-16-7-3-5-13(16)11-14-6-4-8-17(14)20/h9-12,21,25,27-28H,3-8H2,1-2H3,(H2,24,26,29). The van der Waals surface area contributed by atoms with Crippen LogP contribution in [0.2, 0.25) is 0 Å². The number of fused-ring (bicyclic) bond motifs is 2. The molecule has 0 fully saturated rings. The summed E-state index contributed by atoms with van der Waals surface area (Å²) in [5.74, 6) is -0.727. The molecule has 2 unspecified atom stereocenters. The second kappa shape index (κ2) is 7.60. The van der Waals surface area contributed by atoms with E-state index in [9.17, 15) is 18.8 Å². The average Bonchev–Trinajstić information content (AvgIpc) is 3.28. The molecule has 0 heterocycles. The van der Waals surface area contributed by atoms with Crippen LogP contribution in [0, 0.1) is 5.82 Å². The first-order chi connectivity index (χ1) is 14.1. The Hall–Kier alpha value is -2.00. The number of nitrogens with two attached hydrogens (primary N) is 1. The molecule has 2 aromatic carbocycles. The van der Waals surface area contributed by atoms with Crippen LogP contribution < -0.4 is 10.5 Å². The lowest BCUT2D eigenvalue weighted by molar-refractivity contribution is 0.0744. The van der Waals surface area contributed by atoms with Gasteiger partial charge >= 0.3 is 0 Å². The van der Waals surface area contributed by atoms with E-state index in [4.69, 9.17) is 5.14 Å². The number of aryl methyl sites for hydroxylation is 2. The number of hydrogen-bond donors (Lipinski definition) is 4. The molecule has 0 spiro atoms. The Labute approximate surface area is 176 Å². The number of aliphatic hydroxyl groups excluding tert-OH is 1. The van der Waals surface area contributed by atoms with E-state index in [1.54, 1.807) is 0 Å². The normalized spacial score (nSPS) is 18.5. The van der Waals surface area contributed by atoms with Gasteiger partial charge in [-0.2, -0.15) is 4.36 Å². The molecule has 0 bridgehead atoms. The molecular weight excluding hydrogens is 405 g/mol. The summed E-state index contributed by atoms with van der Waals surface area (Å²) in [6.45, 7) is 2.92. The van der Waals surface area contributed by atoms with Crippen molar-refractivity contribution in [2.45, 2.75) is 69.2 Å². The Balaban J connectivity index is 1.65. The lowest BCUT2D eigenvalue weighted by Crippen LogP contribution is -2.24. The van der Waals surface area contributed by atoms with E-state index >= 15 is 0 Å². The molecule has 5 N–H and O–H groups in total. The summed E-state index contributed by atoms with van der Waals surface area (Å²) in [6.07, 6.45) is 4.55. The van der Waals surface area contributed by atoms with E-state index in [0.29, 0.717) is 0 Å². The van der Waals surface area contributed by atoms with Crippen molar-refractivity contribution in [3.63, 3.8) is 0 Å². The van der Waals surface area contributed by atoms with Crippen molar-refractivity contribution in [3.8, 4) is 0 Å². The number of hydrogen-bond acceptors (Lipinski definition) is 5. The summed E-state index contributed by atoms with van der Waals surface area (Å²) in [6, 6.07) is 5.98. The van der Waals surface area contributed by atoms with Crippen molar-refractivity contribution >= 4 is 15.6 Å². The molecule has 0 saturated carbocycles. The Kier molecular flexibility index (Phi) is 5.38. The minimum absolute atomic E-state index is 0.0441. The average molecular weight is 434 g/mol. The van der Waals surface area contributed by atoms with E-state index in [2.05, 4.69) is 15.7 Å². The zero-order valence-electron chi connectivity index (χ0n) is 17.2. The van der Waals surface area contributed by atoms with Crippen LogP contribution in [0.3, 0.4) is 0 Å². The van der Waals surface area contributed by atoms with Gasteiger partial charge in [-0.3, -0.25) is 0 Å². The van der Waals surface area contributed by atoms with Gasteiger partial charge in [-0.1, -0.05) is 12.1 Å². The molecule has 0 amide bonds. The van der Waals surface area contributed by atoms with Crippen LogP contribution in [0.25, 0.3) is 0 Å². The van der Waals surface area contributed by atoms with Gasteiger partial charge in [0.05, 0.1) is 10.5 Å². The highest BCUT2D eigenvalue weighted by molar-refractivity contribution is 7.91. The van der Waals surface area contributed by atoms with Crippen molar-refractivity contribution < 1.29 is 18.8 Å². The number of anilines is 1. The molecule has 8 heteroatoms.